The Morgan fingerprint density at radius 1 is 1.04 bits per heavy atom. The molecule has 1 amide bonds. The van der Waals surface area contributed by atoms with E-state index >= 15 is 0 Å². The van der Waals surface area contributed by atoms with Gasteiger partial charge in [0.25, 0.3) is 5.91 Å². The van der Waals surface area contributed by atoms with Gasteiger partial charge in [0, 0.05) is 38.3 Å². The fourth-order valence-electron chi connectivity index (χ4n) is 3.06. The van der Waals surface area contributed by atoms with Gasteiger partial charge < -0.3 is 9.64 Å². The maximum Gasteiger partial charge on any atom is 0.254 e. The monoisotopic (exact) mass is 350 g/mol. The molecule has 0 saturated carbocycles. The van der Waals surface area contributed by atoms with E-state index in [-0.39, 0.29) is 5.91 Å². The molecule has 1 saturated heterocycles. The molecule has 1 heterocycles. The van der Waals surface area contributed by atoms with Crippen LogP contribution in [0.4, 0.5) is 0 Å². The molecule has 4 heteroatoms. The van der Waals surface area contributed by atoms with E-state index in [2.05, 4.69) is 35.7 Å². The summed E-state index contributed by atoms with van der Waals surface area (Å²) in [6.07, 6.45) is 0. The molecule has 1 aliphatic rings. The summed E-state index contributed by atoms with van der Waals surface area (Å²) in [7, 11) is 0. The summed E-state index contributed by atoms with van der Waals surface area (Å²) in [6, 6.07) is 17.9. The molecule has 0 aliphatic carbocycles. The van der Waals surface area contributed by atoms with Crippen LogP contribution in [-0.2, 0) is 6.54 Å². The largest absolute Gasteiger partial charge is 0.489 e. The van der Waals surface area contributed by atoms with E-state index in [0.717, 1.165) is 38.3 Å². The number of nitrogens with zero attached hydrogens (tertiary/aromatic N) is 2. The van der Waals surface area contributed by atoms with Crippen LogP contribution in [0.1, 0.15) is 22.8 Å². The molecule has 0 spiro atoms. The third-order valence-electron chi connectivity index (χ3n) is 4.47. The fourth-order valence-corrected chi connectivity index (χ4v) is 3.06. The summed E-state index contributed by atoms with van der Waals surface area (Å²) in [5.41, 5.74) is 2.95. The average Bonchev–Trinajstić information content (AvgIpc) is 2.67. The Morgan fingerprint density at radius 3 is 2.46 bits per heavy atom. The Balaban J connectivity index is 1.55. The van der Waals surface area contributed by atoms with Gasteiger partial charge in [-0.15, -0.1) is 0 Å². The summed E-state index contributed by atoms with van der Waals surface area (Å²) < 4.78 is 5.65. The molecule has 1 aliphatic heterocycles. The zero-order valence-corrected chi connectivity index (χ0v) is 15.4. The summed E-state index contributed by atoms with van der Waals surface area (Å²) in [5, 5.41) is 0. The summed E-state index contributed by atoms with van der Waals surface area (Å²) in [4.78, 5) is 17.1. The Kier molecular flexibility index (Phi) is 6.08. The van der Waals surface area contributed by atoms with Crippen molar-refractivity contribution in [1.29, 1.82) is 0 Å². The van der Waals surface area contributed by atoms with Crippen molar-refractivity contribution in [2.24, 2.45) is 0 Å². The normalized spacial score (nSPS) is 14.9. The number of carbonyl (C=O) groups excluding carboxylic acids is 1. The number of benzene rings is 2. The topological polar surface area (TPSA) is 32.8 Å². The van der Waals surface area contributed by atoms with Crippen LogP contribution in [0.5, 0.6) is 5.75 Å². The first-order valence-electron chi connectivity index (χ1n) is 9.04. The fraction of sp³-hybridized carbons (Fsp3) is 0.318. The van der Waals surface area contributed by atoms with Crippen LogP contribution < -0.4 is 4.74 Å². The predicted molar refractivity (Wildman–Crippen MR) is 104 cm³/mol. The van der Waals surface area contributed by atoms with Gasteiger partial charge in [-0.25, -0.2) is 0 Å². The van der Waals surface area contributed by atoms with Crippen LogP contribution in [0.15, 0.2) is 66.7 Å². The second kappa shape index (κ2) is 8.68. The predicted octanol–water partition coefficient (Wildman–Crippen LogP) is 3.60. The minimum Gasteiger partial charge on any atom is -0.489 e. The molecule has 0 unspecified atom stereocenters. The molecule has 2 aromatic carbocycles. The number of hydrogen-bond donors (Lipinski definition) is 0. The SMILES string of the molecule is C=C(C)COc1cccc(C(=O)N2CCN(Cc3ccccc3)CC2)c1. The summed E-state index contributed by atoms with van der Waals surface area (Å²) >= 11 is 0. The van der Waals surface area contributed by atoms with Crippen molar-refractivity contribution in [3.8, 4) is 5.75 Å². The van der Waals surface area contributed by atoms with Crippen LogP contribution in [-0.4, -0.2) is 48.5 Å². The highest BCUT2D eigenvalue weighted by Crippen LogP contribution is 2.17. The molecular weight excluding hydrogens is 324 g/mol. The first kappa shape index (κ1) is 18.2. The zero-order valence-electron chi connectivity index (χ0n) is 15.4. The first-order chi connectivity index (χ1) is 12.6. The second-order valence-electron chi connectivity index (χ2n) is 6.83. The smallest absolute Gasteiger partial charge is 0.254 e. The second-order valence-corrected chi connectivity index (χ2v) is 6.83. The van der Waals surface area contributed by atoms with Crippen molar-refractivity contribution in [1.82, 2.24) is 9.80 Å². The van der Waals surface area contributed by atoms with Crippen molar-refractivity contribution >= 4 is 5.91 Å². The lowest BCUT2D eigenvalue weighted by Crippen LogP contribution is -2.48. The van der Waals surface area contributed by atoms with Gasteiger partial charge >= 0.3 is 0 Å². The van der Waals surface area contributed by atoms with E-state index in [0.29, 0.717) is 17.9 Å². The highest BCUT2D eigenvalue weighted by Gasteiger charge is 2.22. The number of rotatable bonds is 6. The van der Waals surface area contributed by atoms with Gasteiger partial charge in [0.15, 0.2) is 0 Å². The van der Waals surface area contributed by atoms with E-state index in [1.807, 2.05) is 42.2 Å². The molecule has 2 aromatic rings. The Labute approximate surface area is 155 Å². The van der Waals surface area contributed by atoms with Crippen molar-refractivity contribution in [2.75, 3.05) is 32.8 Å². The van der Waals surface area contributed by atoms with Gasteiger partial charge in [0.1, 0.15) is 12.4 Å². The minimum atomic E-state index is 0.0742. The molecule has 4 nitrogen and oxygen atoms in total. The molecule has 0 N–H and O–H groups in total. The van der Waals surface area contributed by atoms with Gasteiger partial charge in [0.2, 0.25) is 0 Å². The van der Waals surface area contributed by atoms with E-state index in [1.165, 1.54) is 5.56 Å². The van der Waals surface area contributed by atoms with Gasteiger partial charge in [-0.05, 0) is 36.3 Å². The highest BCUT2D eigenvalue weighted by atomic mass is 16.5. The quantitative estimate of drug-likeness (QED) is 0.746. The van der Waals surface area contributed by atoms with Crippen molar-refractivity contribution in [3.05, 3.63) is 77.9 Å². The lowest BCUT2D eigenvalue weighted by molar-refractivity contribution is 0.0628. The van der Waals surface area contributed by atoms with E-state index < -0.39 is 0 Å². The highest BCUT2D eigenvalue weighted by molar-refractivity contribution is 5.94. The van der Waals surface area contributed by atoms with Gasteiger partial charge in [0.05, 0.1) is 0 Å². The minimum absolute atomic E-state index is 0.0742. The number of ether oxygens (including phenoxy) is 1. The third-order valence-corrected chi connectivity index (χ3v) is 4.47. The molecule has 0 atom stereocenters. The van der Waals surface area contributed by atoms with Crippen molar-refractivity contribution < 1.29 is 9.53 Å². The van der Waals surface area contributed by atoms with E-state index in [9.17, 15) is 4.79 Å². The van der Waals surface area contributed by atoms with Crippen molar-refractivity contribution in [2.45, 2.75) is 13.5 Å². The Morgan fingerprint density at radius 2 is 1.77 bits per heavy atom. The van der Waals surface area contributed by atoms with Crippen molar-refractivity contribution in [3.63, 3.8) is 0 Å². The summed E-state index contributed by atoms with van der Waals surface area (Å²) in [5.74, 6) is 0.784. The molecule has 0 aromatic heterocycles. The lowest BCUT2D eigenvalue weighted by Gasteiger charge is -2.34. The molecule has 1 fully saturated rings. The lowest BCUT2D eigenvalue weighted by atomic mass is 10.1. The molecule has 136 valence electrons. The third kappa shape index (κ3) is 4.96. The molecular formula is C22H26N2O2. The first-order valence-corrected chi connectivity index (χ1v) is 9.04. The Bertz CT molecular complexity index is 750. The van der Waals surface area contributed by atoms with E-state index in [1.54, 1.807) is 0 Å². The molecule has 26 heavy (non-hydrogen) atoms. The van der Waals surface area contributed by atoms with Crippen LogP contribution >= 0.6 is 0 Å². The van der Waals surface area contributed by atoms with Crippen LogP contribution in [0.3, 0.4) is 0 Å². The van der Waals surface area contributed by atoms with Crippen LogP contribution in [0, 0.1) is 0 Å². The number of hydrogen-bond acceptors (Lipinski definition) is 3. The van der Waals surface area contributed by atoms with E-state index in [4.69, 9.17) is 4.74 Å². The molecule has 3 rings (SSSR count). The van der Waals surface area contributed by atoms with Gasteiger partial charge in [-0.2, -0.15) is 0 Å². The molecule has 0 bridgehead atoms. The maximum absolute atomic E-state index is 12.8. The number of amides is 1. The standard InChI is InChI=1S/C22H26N2O2/c1-18(2)17-26-21-10-6-9-20(15-21)22(25)24-13-11-23(12-14-24)16-19-7-4-3-5-8-19/h3-10,15H,1,11-14,16-17H2,2H3. The van der Waals surface area contributed by atoms with Gasteiger partial charge in [-0.1, -0.05) is 43.0 Å². The van der Waals surface area contributed by atoms with Crippen LogP contribution in [0.2, 0.25) is 0 Å². The summed E-state index contributed by atoms with van der Waals surface area (Å²) in [6.45, 7) is 10.5. The number of piperazine rings is 1. The molecule has 0 radical (unpaired) electrons. The Hall–Kier alpha value is -2.59. The average molecular weight is 350 g/mol. The zero-order chi connectivity index (χ0) is 18.4. The number of carbonyl (C=O) groups is 1. The van der Waals surface area contributed by atoms with Crippen LogP contribution in [0.25, 0.3) is 0 Å². The van der Waals surface area contributed by atoms with Gasteiger partial charge in [-0.3, -0.25) is 9.69 Å². The maximum atomic E-state index is 12.8.